The van der Waals surface area contributed by atoms with Crippen molar-refractivity contribution >= 4 is 0 Å². The predicted molar refractivity (Wildman–Crippen MR) is 79.2 cm³/mol. The summed E-state index contributed by atoms with van der Waals surface area (Å²) in [6.45, 7) is 10.8. The zero-order valence-electron chi connectivity index (χ0n) is 13.2. The van der Waals surface area contributed by atoms with Crippen molar-refractivity contribution < 1.29 is 0 Å². The third kappa shape index (κ3) is 4.89. The van der Waals surface area contributed by atoms with Crippen LogP contribution in [0.25, 0.3) is 0 Å². The van der Waals surface area contributed by atoms with Crippen molar-refractivity contribution in [1.29, 1.82) is 0 Å². The Labute approximate surface area is 116 Å². The molecule has 0 saturated heterocycles. The second kappa shape index (κ2) is 6.04. The molecule has 19 heavy (non-hydrogen) atoms. The van der Waals surface area contributed by atoms with Crippen molar-refractivity contribution in [2.24, 2.45) is 14.1 Å². The molecular formula is C15H26N4. The summed E-state index contributed by atoms with van der Waals surface area (Å²) in [4.78, 5) is 0. The Bertz CT molecular complexity index is 500. The SMILES string of the molecule is CC(C)c1cnn(C)c1.Cn1ccc(C(C)(C)C)n1. The van der Waals surface area contributed by atoms with E-state index in [1.165, 1.54) is 5.56 Å². The lowest BCUT2D eigenvalue weighted by Crippen LogP contribution is -2.12. The third-order valence-corrected chi connectivity index (χ3v) is 2.87. The summed E-state index contributed by atoms with van der Waals surface area (Å²) in [5, 5.41) is 8.35. The maximum Gasteiger partial charge on any atom is 0.0677 e. The topological polar surface area (TPSA) is 35.6 Å². The second-order valence-electron chi connectivity index (χ2n) is 6.23. The average molecular weight is 262 g/mol. The van der Waals surface area contributed by atoms with Crippen LogP contribution in [0.3, 0.4) is 0 Å². The molecule has 4 nitrogen and oxygen atoms in total. The molecule has 0 bridgehead atoms. The molecule has 2 rings (SSSR count). The highest BCUT2D eigenvalue weighted by Gasteiger charge is 2.15. The zero-order valence-corrected chi connectivity index (χ0v) is 13.2. The van der Waals surface area contributed by atoms with Crippen molar-refractivity contribution in [3.63, 3.8) is 0 Å². The molecule has 106 valence electrons. The van der Waals surface area contributed by atoms with Gasteiger partial charge in [0.25, 0.3) is 0 Å². The van der Waals surface area contributed by atoms with Crippen molar-refractivity contribution in [3.05, 3.63) is 35.9 Å². The fourth-order valence-electron chi connectivity index (χ4n) is 1.55. The molecule has 0 unspecified atom stereocenters. The van der Waals surface area contributed by atoms with E-state index in [1.807, 2.05) is 42.0 Å². The van der Waals surface area contributed by atoms with Gasteiger partial charge >= 0.3 is 0 Å². The van der Waals surface area contributed by atoms with E-state index < -0.39 is 0 Å². The van der Waals surface area contributed by atoms with Gasteiger partial charge in [-0.1, -0.05) is 34.6 Å². The molecule has 0 saturated carbocycles. The summed E-state index contributed by atoms with van der Waals surface area (Å²) >= 11 is 0. The van der Waals surface area contributed by atoms with Crippen LogP contribution < -0.4 is 0 Å². The molecule has 0 amide bonds. The first-order valence-corrected chi connectivity index (χ1v) is 6.69. The number of hydrogen-bond donors (Lipinski definition) is 0. The van der Waals surface area contributed by atoms with Crippen LogP contribution in [0.2, 0.25) is 0 Å². The molecule has 0 aliphatic carbocycles. The van der Waals surface area contributed by atoms with Crippen LogP contribution in [0.15, 0.2) is 24.7 Å². The Hall–Kier alpha value is -1.58. The van der Waals surface area contributed by atoms with E-state index in [2.05, 4.69) is 50.9 Å². The van der Waals surface area contributed by atoms with Gasteiger partial charge in [0.1, 0.15) is 0 Å². The Morgan fingerprint density at radius 1 is 1.11 bits per heavy atom. The summed E-state index contributed by atoms with van der Waals surface area (Å²) in [6.07, 6.45) is 5.93. The van der Waals surface area contributed by atoms with Crippen LogP contribution >= 0.6 is 0 Å². The summed E-state index contributed by atoms with van der Waals surface area (Å²) in [6, 6.07) is 2.06. The second-order valence-corrected chi connectivity index (χ2v) is 6.23. The van der Waals surface area contributed by atoms with E-state index in [0.29, 0.717) is 5.92 Å². The lowest BCUT2D eigenvalue weighted by Gasteiger charge is -2.13. The lowest BCUT2D eigenvalue weighted by molar-refractivity contribution is 0.553. The van der Waals surface area contributed by atoms with Gasteiger partial charge in [0.05, 0.1) is 11.9 Å². The summed E-state index contributed by atoms with van der Waals surface area (Å²) in [5.41, 5.74) is 2.63. The standard InChI is InChI=1S/C8H14N2.C7H12N2/c1-8(2,3)7-5-6-10(4)9-7;1-6(2)7-4-8-9(3)5-7/h5-6H,1-4H3;4-6H,1-3H3. The van der Waals surface area contributed by atoms with E-state index >= 15 is 0 Å². The van der Waals surface area contributed by atoms with Crippen LogP contribution in [0.1, 0.15) is 51.8 Å². The van der Waals surface area contributed by atoms with Gasteiger partial charge in [-0.3, -0.25) is 9.36 Å². The highest BCUT2D eigenvalue weighted by molar-refractivity contribution is 5.10. The van der Waals surface area contributed by atoms with E-state index in [-0.39, 0.29) is 5.41 Å². The van der Waals surface area contributed by atoms with E-state index in [1.54, 1.807) is 0 Å². The molecule has 2 heterocycles. The number of hydrogen-bond acceptors (Lipinski definition) is 2. The first-order valence-electron chi connectivity index (χ1n) is 6.69. The molecule has 2 aromatic rings. The highest BCUT2D eigenvalue weighted by atomic mass is 15.3. The van der Waals surface area contributed by atoms with Crippen LogP contribution in [0, 0.1) is 0 Å². The van der Waals surface area contributed by atoms with Crippen molar-refractivity contribution in [3.8, 4) is 0 Å². The first kappa shape index (κ1) is 15.5. The molecule has 0 atom stereocenters. The monoisotopic (exact) mass is 262 g/mol. The Morgan fingerprint density at radius 3 is 1.95 bits per heavy atom. The number of nitrogens with zero attached hydrogens (tertiary/aromatic N) is 4. The maximum atomic E-state index is 4.30. The summed E-state index contributed by atoms with van der Waals surface area (Å²) in [5.74, 6) is 0.596. The van der Waals surface area contributed by atoms with Gasteiger partial charge < -0.3 is 0 Å². The normalized spacial score (nSPS) is 11.4. The van der Waals surface area contributed by atoms with E-state index in [0.717, 1.165) is 5.69 Å². The van der Waals surface area contributed by atoms with Crippen LogP contribution in [0.5, 0.6) is 0 Å². The van der Waals surface area contributed by atoms with Gasteiger partial charge in [-0.2, -0.15) is 10.2 Å². The maximum absolute atomic E-state index is 4.30. The molecule has 4 heteroatoms. The fourth-order valence-corrected chi connectivity index (χ4v) is 1.55. The molecule has 0 aliphatic heterocycles. The molecule has 0 N–H and O–H groups in total. The summed E-state index contributed by atoms with van der Waals surface area (Å²) < 4.78 is 3.66. The minimum Gasteiger partial charge on any atom is -0.276 e. The third-order valence-electron chi connectivity index (χ3n) is 2.87. The Balaban J connectivity index is 0.000000191. The number of aryl methyl sites for hydroxylation is 2. The number of aromatic nitrogens is 4. The van der Waals surface area contributed by atoms with Gasteiger partial charge in [-0.05, 0) is 17.5 Å². The van der Waals surface area contributed by atoms with Crippen LogP contribution in [0.4, 0.5) is 0 Å². The molecule has 0 fully saturated rings. The fraction of sp³-hybridized carbons (Fsp3) is 0.600. The predicted octanol–water partition coefficient (Wildman–Crippen LogP) is 3.26. The van der Waals surface area contributed by atoms with Gasteiger partial charge in [0.15, 0.2) is 0 Å². The molecule has 0 spiro atoms. The zero-order chi connectivity index (χ0) is 14.6. The van der Waals surface area contributed by atoms with E-state index in [4.69, 9.17) is 0 Å². The van der Waals surface area contributed by atoms with Crippen LogP contribution in [-0.2, 0) is 19.5 Å². The molecular weight excluding hydrogens is 236 g/mol. The molecule has 0 aliphatic rings. The average Bonchev–Trinajstić information content (AvgIpc) is 2.87. The number of rotatable bonds is 1. The minimum absolute atomic E-state index is 0.182. The largest absolute Gasteiger partial charge is 0.276 e. The molecule has 0 aromatic carbocycles. The Kier molecular flexibility index (Phi) is 4.92. The lowest BCUT2D eigenvalue weighted by atomic mass is 9.93. The first-order chi connectivity index (χ1) is 8.70. The molecule has 2 aromatic heterocycles. The highest BCUT2D eigenvalue weighted by Crippen LogP contribution is 2.18. The van der Waals surface area contributed by atoms with Gasteiger partial charge in [-0.15, -0.1) is 0 Å². The van der Waals surface area contributed by atoms with E-state index in [9.17, 15) is 0 Å². The molecule has 0 radical (unpaired) electrons. The smallest absolute Gasteiger partial charge is 0.0677 e. The summed E-state index contributed by atoms with van der Waals surface area (Å²) in [7, 11) is 3.88. The Morgan fingerprint density at radius 2 is 1.74 bits per heavy atom. The van der Waals surface area contributed by atoms with Crippen molar-refractivity contribution in [2.75, 3.05) is 0 Å². The van der Waals surface area contributed by atoms with Gasteiger partial charge in [0.2, 0.25) is 0 Å². The van der Waals surface area contributed by atoms with Crippen molar-refractivity contribution in [2.45, 2.75) is 46.0 Å². The van der Waals surface area contributed by atoms with Gasteiger partial charge in [-0.25, -0.2) is 0 Å². The van der Waals surface area contributed by atoms with Crippen molar-refractivity contribution in [1.82, 2.24) is 19.6 Å². The van der Waals surface area contributed by atoms with Gasteiger partial charge in [0, 0.05) is 31.9 Å². The quantitative estimate of drug-likeness (QED) is 0.790. The van der Waals surface area contributed by atoms with Crippen LogP contribution in [-0.4, -0.2) is 19.6 Å². The minimum atomic E-state index is 0.182.